The van der Waals surface area contributed by atoms with Crippen LogP contribution >= 0.6 is 22.6 Å². The average Bonchev–Trinajstić information content (AvgIpc) is 3.28. The van der Waals surface area contributed by atoms with Gasteiger partial charge in [-0.15, -0.1) is 0 Å². The van der Waals surface area contributed by atoms with Gasteiger partial charge in [0.05, 0.1) is 31.8 Å². The molecule has 2 aromatic carbocycles. The molecule has 0 unspecified atom stereocenters. The number of para-hydroxylation sites is 1. The molecule has 0 spiro atoms. The first-order valence-electron chi connectivity index (χ1n) is 12.8. The summed E-state index contributed by atoms with van der Waals surface area (Å²) in [6, 6.07) is 16.4. The van der Waals surface area contributed by atoms with Gasteiger partial charge in [-0.2, -0.15) is 5.26 Å². The summed E-state index contributed by atoms with van der Waals surface area (Å²) < 4.78 is 13.0. The maximum absolute atomic E-state index is 12.9. The number of H-pyrrole nitrogens is 1. The Hall–Kier alpha value is -2.61. The molecule has 2 aliphatic rings. The van der Waals surface area contributed by atoms with Gasteiger partial charge in [0.2, 0.25) is 0 Å². The van der Waals surface area contributed by atoms with E-state index in [1.54, 1.807) is 0 Å². The molecule has 194 valence electrons. The summed E-state index contributed by atoms with van der Waals surface area (Å²) in [6.45, 7) is 1.58. The fraction of sp³-hybridized carbons (Fsp3) is 0.448. The molecule has 2 heterocycles. The highest BCUT2D eigenvalue weighted by molar-refractivity contribution is 14.1. The zero-order chi connectivity index (χ0) is 25.9. The maximum atomic E-state index is 12.9. The first-order valence-corrected chi connectivity index (χ1v) is 13.9. The molecule has 1 aliphatic carbocycles. The van der Waals surface area contributed by atoms with Crippen LogP contribution in [0, 0.1) is 32.8 Å². The predicted molar refractivity (Wildman–Crippen MR) is 148 cm³/mol. The van der Waals surface area contributed by atoms with E-state index < -0.39 is 18.0 Å². The van der Waals surface area contributed by atoms with Gasteiger partial charge in [0.15, 0.2) is 6.19 Å². The van der Waals surface area contributed by atoms with E-state index in [1.165, 1.54) is 7.11 Å². The fourth-order valence-corrected chi connectivity index (χ4v) is 6.73. The molecule has 1 aliphatic heterocycles. The molecule has 1 fully saturated rings. The number of aliphatic hydroxyl groups is 1. The lowest BCUT2D eigenvalue weighted by atomic mass is 9.67. The van der Waals surface area contributed by atoms with Crippen LogP contribution in [0.3, 0.4) is 0 Å². The van der Waals surface area contributed by atoms with E-state index in [4.69, 9.17) is 9.47 Å². The SMILES string of the molecule is COC(=O)[C@@H]1[C@H]2C[C@@H](OCc3ccccc3I)c3[nH]c4ccccc4c3CCN(C#N)C[C@@H]2CC[C@@H]1O. The lowest BCUT2D eigenvalue weighted by Crippen LogP contribution is -2.47. The van der Waals surface area contributed by atoms with Gasteiger partial charge in [-0.25, -0.2) is 0 Å². The van der Waals surface area contributed by atoms with Crippen molar-refractivity contribution in [3.63, 3.8) is 0 Å². The topological polar surface area (TPSA) is 98.6 Å². The number of hydrogen-bond donors (Lipinski definition) is 2. The number of fused-ring (bicyclic) bond motifs is 4. The smallest absolute Gasteiger partial charge is 0.311 e. The zero-order valence-electron chi connectivity index (χ0n) is 20.9. The summed E-state index contributed by atoms with van der Waals surface area (Å²) in [4.78, 5) is 18.4. The number of ether oxygens (including phenoxy) is 2. The van der Waals surface area contributed by atoms with Crippen molar-refractivity contribution in [2.45, 2.75) is 44.5 Å². The highest BCUT2D eigenvalue weighted by Crippen LogP contribution is 2.44. The summed E-state index contributed by atoms with van der Waals surface area (Å²) in [5, 5.41) is 22.0. The first kappa shape index (κ1) is 26.0. The van der Waals surface area contributed by atoms with Gasteiger partial charge in [0.1, 0.15) is 0 Å². The number of nitriles is 1. The van der Waals surface area contributed by atoms with Crippen LogP contribution in [0.5, 0.6) is 0 Å². The molecule has 7 nitrogen and oxygen atoms in total. The number of nitrogens with zero attached hydrogens (tertiary/aromatic N) is 2. The number of carbonyl (C=O) groups is 1. The van der Waals surface area contributed by atoms with Crippen LogP contribution in [0.4, 0.5) is 0 Å². The minimum atomic E-state index is -0.773. The second-order valence-corrected chi connectivity index (χ2v) is 11.3. The standard InChI is InChI=1S/C29H32IN3O4/c1-36-29(35)27-22-14-26(37-16-19-6-2-4-8-23(19)30)28-21(20-7-3-5-9-24(20)32-28)12-13-33(17-31)15-18(22)10-11-25(27)34/h2-9,18,22,25-27,32,34H,10-16H2,1H3/t18-,22-,25-,26+,27+/m0/s1. The van der Waals surface area contributed by atoms with E-state index in [0.29, 0.717) is 32.5 Å². The van der Waals surface area contributed by atoms with Gasteiger partial charge < -0.3 is 24.5 Å². The van der Waals surface area contributed by atoms with Gasteiger partial charge in [0.25, 0.3) is 0 Å². The van der Waals surface area contributed by atoms with Crippen LogP contribution in [0.2, 0.25) is 0 Å². The molecule has 0 saturated heterocycles. The summed E-state index contributed by atoms with van der Waals surface area (Å²) in [5.74, 6) is -1.17. The number of aromatic amines is 1. The summed E-state index contributed by atoms with van der Waals surface area (Å²) in [7, 11) is 1.38. The molecule has 1 aromatic heterocycles. The molecule has 0 radical (unpaired) electrons. The molecular formula is C29H32IN3O4. The summed E-state index contributed by atoms with van der Waals surface area (Å²) in [5.41, 5.74) is 4.28. The lowest BCUT2D eigenvalue weighted by Gasteiger charge is -2.42. The van der Waals surface area contributed by atoms with Crippen LogP contribution in [0.15, 0.2) is 48.5 Å². The number of esters is 1. The van der Waals surface area contributed by atoms with E-state index in [2.05, 4.69) is 58.0 Å². The number of aromatic nitrogens is 1. The molecule has 0 amide bonds. The molecule has 0 bridgehead atoms. The molecule has 1 saturated carbocycles. The van der Waals surface area contributed by atoms with E-state index in [9.17, 15) is 15.2 Å². The number of aliphatic hydroxyl groups excluding tert-OH is 1. The number of rotatable bonds is 4. The maximum Gasteiger partial charge on any atom is 0.311 e. The van der Waals surface area contributed by atoms with Gasteiger partial charge in [-0.05, 0) is 83.4 Å². The number of carbonyl (C=O) groups excluding carboxylic acids is 1. The van der Waals surface area contributed by atoms with E-state index in [-0.39, 0.29) is 17.9 Å². The van der Waals surface area contributed by atoms with Gasteiger partial charge in [-0.1, -0.05) is 36.4 Å². The Balaban J connectivity index is 1.59. The van der Waals surface area contributed by atoms with Crippen molar-refractivity contribution < 1.29 is 19.4 Å². The van der Waals surface area contributed by atoms with Crippen molar-refractivity contribution in [1.82, 2.24) is 9.88 Å². The fourth-order valence-electron chi connectivity index (χ4n) is 6.19. The van der Waals surface area contributed by atoms with Crippen LogP contribution in [-0.4, -0.2) is 47.3 Å². The van der Waals surface area contributed by atoms with Gasteiger partial charge in [-0.3, -0.25) is 4.79 Å². The number of nitrogens with one attached hydrogen (secondary N) is 1. The van der Waals surface area contributed by atoms with Crippen molar-refractivity contribution in [3.05, 3.63) is 68.9 Å². The largest absolute Gasteiger partial charge is 0.469 e. The van der Waals surface area contributed by atoms with Crippen molar-refractivity contribution >= 4 is 39.5 Å². The molecule has 5 rings (SSSR count). The second-order valence-electron chi connectivity index (χ2n) is 10.1. The van der Waals surface area contributed by atoms with Crippen molar-refractivity contribution in [1.29, 1.82) is 5.26 Å². The highest BCUT2D eigenvalue weighted by atomic mass is 127. The van der Waals surface area contributed by atoms with Crippen LogP contribution < -0.4 is 0 Å². The Morgan fingerprint density at radius 2 is 2.00 bits per heavy atom. The van der Waals surface area contributed by atoms with E-state index >= 15 is 0 Å². The Morgan fingerprint density at radius 3 is 2.78 bits per heavy atom. The third kappa shape index (κ3) is 5.35. The number of benzene rings is 2. The number of methoxy groups -OCH3 is 1. The van der Waals surface area contributed by atoms with Crippen molar-refractivity contribution in [2.75, 3.05) is 20.2 Å². The van der Waals surface area contributed by atoms with Crippen LogP contribution in [-0.2, 0) is 27.3 Å². The third-order valence-corrected chi connectivity index (χ3v) is 9.12. The average molecular weight is 613 g/mol. The van der Waals surface area contributed by atoms with E-state index in [0.717, 1.165) is 44.1 Å². The second kappa shape index (κ2) is 11.4. The van der Waals surface area contributed by atoms with Crippen molar-refractivity contribution in [2.24, 2.45) is 17.8 Å². The van der Waals surface area contributed by atoms with Gasteiger partial charge in [0, 0.05) is 33.3 Å². The Labute approximate surface area is 230 Å². The zero-order valence-corrected chi connectivity index (χ0v) is 23.1. The minimum absolute atomic E-state index is 0.0704. The Bertz CT molecular complexity index is 1300. The van der Waals surface area contributed by atoms with Crippen LogP contribution in [0.1, 0.15) is 42.2 Å². The third-order valence-electron chi connectivity index (χ3n) is 8.07. The minimum Gasteiger partial charge on any atom is -0.469 e. The van der Waals surface area contributed by atoms with Crippen molar-refractivity contribution in [3.8, 4) is 6.19 Å². The Morgan fingerprint density at radius 1 is 1.22 bits per heavy atom. The molecular weight excluding hydrogens is 581 g/mol. The first-order chi connectivity index (χ1) is 18.0. The molecule has 37 heavy (non-hydrogen) atoms. The Kier molecular flexibility index (Phi) is 8.03. The number of hydrogen-bond acceptors (Lipinski definition) is 6. The van der Waals surface area contributed by atoms with Gasteiger partial charge >= 0.3 is 5.97 Å². The summed E-state index contributed by atoms with van der Waals surface area (Å²) in [6.07, 6.45) is 3.82. The molecule has 5 atom stereocenters. The number of halogens is 1. The van der Waals surface area contributed by atoms with Crippen LogP contribution in [0.25, 0.3) is 10.9 Å². The predicted octanol–water partition coefficient (Wildman–Crippen LogP) is 4.94. The highest BCUT2D eigenvalue weighted by Gasteiger charge is 2.46. The summed E-state index contributed by atoms with van der Waals surface area (Å²) >= 11 is 2.33. The lowest BCUT2D eigenvalue weighted by molar-refractivity contribution is -0.158. The van der Waals surface area contributed by atoms with E-state index in [1.807, 2.05) is 29.2 Å². The monoisotopic (exact) mass is 613 g/mol. The quantitative estimate of drug-likeness (QED) is 0.246. The molecule has 3 aromatic rings. The molecule has 8 heteroatoms. The molecule has 2 N–H and O–H groups in total. The normalized spacial score (nSPS) is 26.1.